The number of hydrogen-bond donors (Lipinski definition) is 0. The minimum Gasteiger partial charge on any atom is -0.371 e. The van der Waals surface area contributed by atoms with Crippen molar-refractivity contribution in [2.45, 2.75) is 38.5 Å². The number of aldehydes is 1. The summed E-state index contributed by atoms with van der Waals surface area (Å²) >= 11 is 0. The summed E-state index contributed by atoms with van der Waals surface area (Å²) in [5.41, 5.74) is 4.04. The summed E-state index contributed by atoms with van der Waals surface area (Å²) in [6, 6.07) is 6.43. The van der Waals surface area contributed by atoms with E-state index in [1.807, 2.05) is 0 Å². The first-order valence-corrected chi connectivity index (χ1v) is 7.18. The summed E-state index contributed by atoms with van der Waals surface area (Å²) in [5, 5.41) is 0. The maximum atomic E-state index is 10.7. The molecule has 3 rings (SSSR count). The summed E-state index contributed by atoms with van der Waals surface area (Å²) in [6.07, 6.45) is 8.34. The van der Waals surface area contributed by atoms with Crippen LogP contribution in [-0.4, -0.2) is 19.4 Å². The topological polar surface area (TPSA) is 20.3 Å². The summed E-state index contributed by atoms with van der Waals surface area (Å²) in [4.78, 5) is 13.3. The molecule has 1 heterocycles. The quantitative estimate of drug-likeness (QED) is 0.758. The molecule has 2 aliphatic rings. The smallest absolute Gasteiger partial charge is 0.124 e. The number of hydrogen-bond acceptors (Lipinski definition) is 2. The molecule has 0 bridgehead atoms. The van der Waals surface area contributed by atoms with Crippen LogP contribution in [0.15, 0.2) is 18.2 Å². The standard InChI is InChI=1S/C16H21NO/c18-11-9-14-6-3-7-16-15(14)8-10-17(16)12-13-4-1-2-5-13/h3,6-7,11,13H,1-2,4-5,8-10,12H2. The van der Waals surface area contributed by atoms with Gasteiger partial charge >= 0.3 is 0 Å². The first-order chi connectivity index (χ1) is 8.88. The van der Waals surface area contributed by atoms with E-state index in [1.54, 1.807) is 0 Å². The molecule has 0 radical (unpaired) electrons. The zero-order chi connectivity index (χ0) is 12.4. The van der Waals surface area contributed by atoms with Crippen LogP contribution in [0.4, 0.5) is 5.69 Å². The average Bonchev–Trinajstić information content (AvgIpc) is 3.01. The van der Waals surface area contributed by atoms with Crippen molar-refractivity contribution in [1.29, 1.82) is 0 Å². The Labute approximate surface area is 109 Å². The van der Waals surface area contributed by atoms with Gasteiger partial charge in [-0.1, -0.05) is 25.0 Å². The molecule has 0 saturated heterocycles. The third-order valence-electron chi connectivity index (χ3n) is 4.48. The maximum absolute atomic E-state index is 10.7. The third kappa shape index (κ3) is 2.16. The number of carbonyl (C=O) groups excluding carboxylic acids is 1. The van der Waals surface area contributed by atoms with Crippen molar-refractivity contribution in [3.63, 3.8) is 0 Å². The fourth-order valence-corrected chi connectivity index (χ4v) is 3.55. The number of carbonyl (C=O) groups is 1. The van der Waals surface area contributed by atoms with Gasteiger partial charge in [-0.25, -0.2) is 0 Å². The zero-order valence-corrected chi connectivity index (χ0v) is 10.9. The molecule has 0 unspecified atom stereocenters. The lowest BCUT2D eigenvalue weighted by Crippen LogP contribution is -2.26. The Hall–Kier alpha value is -1.31. The minimum absolute atomic E-state index is 0.570. The Balaban J connectivity index is 1.78. The Kier molecular flexibility index (Phi) is 3.35. The van der Waals surface area contributed by atoms with Gasteiger partial charge in [0.25, 0.3) is 0 Å². The van der Waals surface area contributed by atoms with Crippen LogP contribution in [0.25, 0.3) is 0 Å². The fourth-order valence-electron chi connectivity index (χ4n) is 3.55. The average molecular weight is 243 g/mol. The highest BCUT2D eigenvalue weighted by Gasteiger charge is 2.25. The molecule has 1 fully saturated rings. The number of nitrogens with zero attached hydrogens (tertiary/aromatic N) is 1. The molecule has 2 heteroatoms. The van der Waals surface area contributed by atoms with Crippen LogP contribution in [0.1, 0.15) is 36.8 Å². The SMILES string of the molecule is O=CCc1cccc2c1CCN2CC1CCCC1. The van der Waals surface area contributed by atoms with Gasteiger partial charge in [-0.15, -0.1) is 0 Å². The van der Waals surface area contributed by atoms with Crippen LogP contribution in [0.3, 0.4) is 0 Å². The lowest BCUT2D eigenvalue weighted by molar-refractivity contribution is -0.107. The van der Waals surface area contributed by atoms with Crippen molar-refractivity contribution >= 4 is 12.0 Å². The Bertz CT molecular complexity index is 435. The van der Waals surface area contributed by atoms with Crippen LogP contribution in [0.5, 0.6) is 0 Å². The number of benzene rings is 1. The molecule has 0 aromatic heterocycles. The molecule has 1 saturated carbocycles. The van der Waals surface area contributed by atoms with E-state index in [0.29, 0.717) is 6.42 Å². The van der Waals surface area contributed by atoms with E-state index in [2.05, 4.69) is 23.1 Å². The van der Waals surface area contributed by atoms with Crippen LogP contribution in [0.2, 0.25) is 0 Å². The molecule has 0 amide bonds. The first-order valence-electron chi connectivity index (χ1n) is 7.18. The summed E-state index contributed by atoms with van der Waals surface area (Å²) in [5.74, 6) is 0.894. The van der Waals surface area contributed by atoms with Crippen molar-refractivity contribution in [1.82, 2.24) is 0 Å². The number of rotatable bonds is 4. The predicted molar refractivity (Wildman–Crippen MR) is 74.1 cm³/mol. The van der Waals surface area contributed by atoms with Crippen LogP contribution in [-0.2, 0) is 17.6 Å². The number of fused-ring (bicyclic) bond motifs is 1. The van der Waals surface area contributed by atoms with Gasteiger partial charge in [0.05, 0.1) is 0 Å². The normalized spacial score (nSPS) is 19.2. The lowest BCUT2D eigenvalue weighted by Gasteiger charge is -2.23. The van der Waals surface area contributed by atoms with Gasteiger partial charge in [0.1, 0.15) is 6.29 Å². The summed E-state index contributed by atoms with van der Waals surface area (Å²) in [6.45, 7) is 2.36. The van der Waals surface area contributed by atoms with Gasteiger partial charge in [0.15, 0.2) is 0 Å². The molecular weight excluding hydrogens is 222 g/mol. The Morgan fingerprint density at radius 3 is 2.89 bits per heavy atom. The van der Waals surface area contributed by atoms with Crippen LogP contribution < -0.4 is 4.90 Å². The van der Waals surface area contributed by atoms with E-state index in [4.69, 9.17) is 0 Å². The van der Waals surface area contributed by atoms with E-state index in [0.717, 1.165) is 25.2 Å². The maximum Gasteiger partial charge on any atom is 0.124 e. The highest BCUT2D eigenvalue weighted by atomic mass is 16.1. The molecule has 0 atom stereocenters. The molecule has 0 N–H and O–H groups in total. The van der Waals surface area contributed by atoms with Gasteiger partial charge in [0.2, 0.25) is 0 Å². The second kappa shape index (κ2) is 5.13. The predicted octanol–water partition coefficient (Wildman–Crippen LogP) is 2.98. The second-order valence-electron chi connectivity index (χ2n) is 5.63. The molecule has 1 aliphatic carbocycles. The zero-order valence-electron chi connectivity index (χ0n) is 10.9. The fraction of sp³-hybridized carbons (Fsp3) is 0.562. The van der Waals surface area contributed by atoms with Crippen molar-refractivity contribution in [3.05, 3.63) is 29.3 Å². The van der Waals surface area contributed by atoms with Crippen molar-refractivity contribution in [2.75, 3.05) is 18.0 Å². The van der Waals surface area contributed by atoms with Crippen LogP contribution in [0, 0.1) is 5.92 Å². The third-order valence-corrected chi connectivity index (χ3v) is 4.48. The van der Waals surface area contributed by atoms with Gasteiger partial charge in [0, 0.05) is 25.2 Å². The number of anilines is 1. The summed E-state index contributed by atoms with van der Waals surface area (Å²) < 4.78 is 0. The monoisotopic (exact) mass is 243 g/mol. The van der Waals surface area contributed by atoms with Crippen molar-refractivity contribution < 1.29 is 4.79 Å². The van der Waals surface area contributed by atoms with Gasteiger partial charge in [-0.3, -0.25) is 0 Å². The molecule has 1 aliphatic heterocycles. The first kappa shape index (κ1) is 11.8. The van der Waals surface area contributed by atoms with E-state index >= 15 is 0 Å². The second-order valence-corrected chi connectivity index (χ2v) is 5.63. The van der Waals surface area contributed by atoms with E-state index in [9.17, 15) is 4.79 Å². The Morgan fingerprint density at radius 2 is 2.11 bits per heavy atom. The van der Waals surface area contributed by atoms with Gasteiger partial charge in [-0.2, -0.15) is 0 Å². The van der Waals surface area contributed by atoms with Crippen molar-refractivity contribution in [3.8, 4) is 0 Å². The van der Waals surface area contributed by atoms with E-state index in [-0.39, 0.29) is 0 Å². The molecule has 96 valence electrons. The van der Waals surface area contributed by atoms with Gasteiger partial charge < -0.3 is 9.69 Å². The van der Waals surface area contributed by atoms with Gasteiger partial charge in [-0.05, 0) is 42.4 Å². The molecule has 0 spiro atoms. The largest absolute Gasteiger partial charge is 0.371 e. The lowest BCUT2D eigenvalue weighted by atomic mass is 10.0. The summed E-state index contributed by atoms with van der Waals surface area (Å²) in [7, 11) is 0. The molecule has 18 heavy (non-hydrogen) atoms. The van der Waals surface area contributed by atoms with Crippen molar-refractivity contribution in [2.24, 2.45) is 5.92 Å². The molecule has 2 nitrogen and oxygen atoms in total. The molecule has 1 aromatic rings. The van der Waals surface area contributed by atoms with E-state index in [1.165, 1.54) is 49.0 Å². The molecular formula is C16H21NO. The highest BCUT2D eigenvalue weighted by molar-refractivity contribution is 5.65. The van der Waals surface area contributed by atoms with Crippen LogP contribution >= 0.6 is 0 Å². The minimum atomic E-state index is 0.570. The Morgan fingerprint density at radius 1 is 1.28 bits per heavy atom. The highest BCUT2D eigenvalue weighted by Crippen LogP contribution is 2.34. The van der Waals surface area contributed by atoms with E-state index < -0.39 is 0 Å². The molecule has 1 aromatic carbocycles.